The second-order valence-corrected chi connectivity index (χ2v) is 6.24. The number of rotatable bonds is 3. The topological polar surface area (TPSA) is 85.4 Å². The van der Waals surface area contributed by atoms with Crippen LogP contribution in [0.25, 0.3) is 0 Å². The van der Waals surface area contributed by atoms with Gasteiger partial charge in [0.25, 0.3) is 0 Å². The molecule has 2 atom stereocenters. The lowest BCUT2D eigenvalue weighted by molar-refractivity contribution is -0.138. The first-order chi connectivity index (χ1) is 9.65. The molecule has 104 valence electrons. The third kappa shape index (κ3) is 2.52. The second kappa shape index (κ2) is 5.43. The molecule has 2 heterocycles. The molecule has 0 radical (unpaired) electrons. The molecule has 3 N–H and O–H groups in total. The van der Waals surface area contributed by atoms with Gasteiger partial charge in [-0.05, 0) is 12.1 Å². The van der Waals surface area contributed by atoms with Crippen LogP contribution in [-0.2, 0) is 4.79 Å². The number of aliphatic carboxylic acids is 1. The summed E-state index contributed by atoms with van der Waals surface area (Å²) in [5.74, 6) is 0.519. The highest BCUT2D eigenvalue weighted by Gasteiger charge is 2.26. The number of para-hydroxylation sites is 1. The number of aromatic nitrogens is 1. The van der Waals surface area contributed by atoms with Crippen molar-refractivity contribution in [1.29, 1.82) is 0 Å². The summed E-state index contributed by atoms with van der Waals surface area (Å²) in [4.78, 5) is 16.3. The largest absolute Gasteiger partial charge is 0.481 e. The summed E-state index contributed by atoms with van der Waals surface area (Å²) in [7, 11) is 0. The lowest BCUT2D eigenvalue weighted by Crippen LogP contribution is -2.21. The number of carbonyl (C=O) groups is 1. The molecule has 2 unspecified atom stereocenters. The molecule has 7 heteroatoms. The van der Waals surface area contributed by atoms with Gasteiger partial charge >= 0.3 is 5.97 Å². The van der Waals surface area contributed by atoms with E-state index >= 15 is 0 Å². The van der Waals surface area contributed by atoms with Gasteiger partial charge in [-0.15, -0.1) is 23.1 Å². The van der Waals surface area contributed by atoms with E-state index in [1.165, 1.54) is 11.3 Å². The summed E-state index contributed by atoms with van der Waals surface area (Å²) in [6, 6.07) is 6.76. The monoisotopic (exact) mass is 308 g/mol. The number of thiazole rings is 1. The molecule has 1 aliphatic rings. The van der Waals surface area contributed by atoms with E-state index in [4.69, 9.17) is 15.6 Å². The number of thioether (sulfide) groups is 1. The highest BCUT2D eigenvalue weighted by molar-refractivity contribution is 7.99. The van der Waals surface area contributed by atoms with Gasteiger partial charge in [-0.2, -0.15) is 0 Å². The molecule has 1 aliphatic heterocycles. The van der Waals surface area contributed by atoms with Crippen LogP contribution >= 0.6 is 23.1 Å². The van der Waals surface area contributed by atoms with E-state index in [0.29, 0.717) is 5.69 Å². The molecule has 0 spiro atoms. The molecule has 0 fully saturated rings. The van der Waals surface area contributed by atoms with Crippen molar-refractivity contribution >= 4 is 29.1 Å². The molecule has 0 aliphatic carbocycles. The minimum atomic E-state index is -1.08. The van der Waals surface area contributed by atoms with Crippen molar-refractivity contribution in [2.24, 2.45) is 5.73 Å². The molecule has 1 aromatic heterocycles. The molecular formula is C13H12N2O3S2. The standard InChI is InChI=1S/C13H12N2O3S2/c14-11(13(16)17)7-5-20-12(15-7)9-6-19-10-4-2-1-3-8(10)18-9/h1-5,9,11H,6,14H2,(H,16,17). The van der Waals surface area contributed by atoms with E-state index in [1.54, 1.807) is 17.1 Å². The fourth-order valence-electron chi connectivity index (χ4n) is 1.86. The SMILES string of the molecule is NC(C(=O)O)c1csc(C2CSc3ccccc3O2)n1. The van der Waals surface area contributed by atoms with Gasteiger partial charge in [0.15, 0.2) is 6.10 Å². The summed E-state index contributed by atoms with van der Waals surface area (Å²) in [5, 5.41) is 11.3. The van der Waals surface area contributed by atoms with Crippen molar-refractivity contribution < 1.29 is 14.6 Å². The van der Waals surface area contributed by atoms with Crippen LogP contribution in [0.5, 0.6) is 5.75 Å². The number of carboxylic acid groups (broad SMARTS) is 1. The van der Waals surface area contributed by atoms with Crippen molar-refractivity contribution in [3.05, 3.63) is 40.3 Å². The Labute approximate surface area is 123 Å². The number of nitrogens with two attached hydrogens (primary N) is 1. The van der Waals surface area contributed by atoms with Crippen LogP contribution in [-0.4, -0.2) is 21.8 Å². The number of ether oxygens (including phenoxy) is 1. The number of fused-ring (bicyclic) bond motifs is 1. The maximum absolute atomic E-state index is 10.9. The minimum Gasteiger partial charge on any atom is -0.481 e. The van der Waals surface area contributed by atoms with Crippen molar-refractivity contribution in [1.82, 2.24) is 4.98 Å². The molecule has 2 aromatic rings. The van der Waals surface area contributed by atoms with E-state index < -0.39 is 12.0 Å². The Morgan fingerprint density at radius 2 is 2.30 bits per heavy atom. The van der Waals surface area contributed by atoms with E-state index in [9.17, 15) is 4.79 Å². The minimum absolute atomic E-state index is 0.158. The van der Waals surface area contributed by atoms with E-state index in [0.717, 1.165) is 21.4 Å². The Bertz CT molecular complexity index is 644. The van der Waals surface area contributed by atoms with Crippen LogP contribution in [0.15, 0.2) is 34.5 Å². The zero-order valence-corrected chi connectivity index (χ0v) is 12.0. The van der Waals surface area contributed by atoms with Gasteiger partial charge in [0.05, 0.1) is 5.69 Å². The maximum Gasteiger partial charge on any atom is 0.326 e. The van der Waals surface area contributed by atoms with Crippen LogP contribution < -0.4 is 10.5 Å². The van der Waals surface area contributed by atoms with Gasteiger partial charge in [-0.1, -0.05) is 12.1 Å². The third-order valence-electron chi connectivity index (χ3n) is 2.91. The summed E-state index contributed by atoms with van der Waals surface area (Å²) < 4.78 is 5.91. The Balaban J connectivity index is 1.80. The molecule has 0 saturated carbocycles. The lowest BCUT2D eigenvalue weighted by atomic mass is 10.2. The predicted molar refractivity (Wildman–Crippen MR) is 77.2 cm³/mol. The second-order valence-electron chi connectivity index (χ2n) is 4.29. The van der Waals surface area contributed by atoms with Gasteiger partial charge in [-0.3, -0.25) is 4.79 Å². The Morgan fingerprint density at radius 3 is 3.10 bits per heavy atom. The highest BCUT2D eigenvalue weighted by Crippen LogP contribution is 2.40. The van der Waals surface area contributed by atoms with Crippen molar-refractivity contribution in [3.63, 3.8) is 0 Å². The summed E-state index contributed by atoms with van der Waals surface area (Å²) in [6.07, 6.45) is -0.158. The van der Waals surface area contributed by atoms with Crippen LogP contribution in [0.4, 0.5) is 0 Å². The zero-order chi connectivity index (χ0) is 14.1. The smallest absolute Gasteiger partial charge is 0.326 e. The molecule has 20 heavy (non-hydrogen) atoms. The normalized spacial score (nSPS) is 18.9. The number of hydrogen-bond acceptors (Lipinski definition) is 6. The summed E-state index contributed by atoms with van der Waals surface area (Å²) in [5.41, 5.74) is 5.94. The first kappa shape index (κ1) is 13.4. The Hall–Kier alpha value is -1.57. The van der Waals surface area contributed by atoms with Gasteiger partial charge in [0.1, 0.15) is 16.8 Å². The molecule has 0 bridgehead atoms. The number of hydrogen-bond donors (Lipinski definition) is 2. The zero-order valence-electron chi connectivity index (χ0n) is 10.4. The van der Waals surface area contributed by atoms with Crippen LogP contribution in [0.3, 0.4) is 0 Å². The van der Waals surface area contributed by atoms with Crippen LogP contribution in [0, 0.1) is 0 Å². The Morgan fingerprint density at radius 1 is 1.50 bits per heavy atom. The van der Waals surface area contributed by atoms with E-state index in [1.807, 2.05) is 24.3 Å². The fraction of sp³-hybridized carbons (Fsp3) is 0.231. The molecular weight excluding hydrogens is 296 g/mol. The average molecular weight is 308 g/mol. The Kier molecular flexibility index (Phi) is 3.64. The molecule has 0 amide bonds. The predicted octanol–water partition coefficient (Wildman–Crippen LogP) is 2.45. The highest BCUT2D eigenvalue weighted by atomic mass is 32.2. The van der Waals surface area contributed by atoms with Crippen LogP contribution in [0.1, 0.15) is 22.8 Å². The number of nitrogens with zero attached hydrogens (tertiary/aromatic N) is 1. The number of benzene rings is 1. The maximum atomic E-state index is 10.9. The van der Waals surface area contributed by atoms with E-state index in [-0.39, 0.29) is 6.10 Å². The quantitative estimate of drug-likeness (QED) is 0.906. The molecule has 3 rings (SSSR count). The van der Waals surface area contributed by atoms with Crippen LogP contribution in [0.2, 0.25) is 0 Å². The van der Waals surface area contributed by atoms with Crippen molar-refractivity contribution in [2.45, 2.75) is 17.0 Å². The van der Waals surface area contributed by atoms with Gasteiger partial charge in [0.2, 0.25) is 0 Å². The molecule has 5 nitrogen and oxygen atoms in total. The van der Waals surface area contributed by atoms with Crippen molar-refractivity contribution in [2.75, 3.05) is 5.75 Å². The van der Waals surface area contributed by atoms with Gasteiger partial charge in [0, 0.05) is 16.0 Å². The lowest BCUT2D eigenvalue weighted by Gasteiger charge is -2.23. The van der Waals surface area contributed by atoms with E-state index in [2.05, 4.69) is 4.98 Å². The summed E-state index contributed by atoms with van der Waals surface area (Å²) >= 11 is 3.09. The first-order valence-corrected chi connectivity index (χ1v) is 7.84. The average Bonchev–Trinajstić information content (AvgIpc) is 2.95. The number of carboxylic acids is 1. The first-order valence-electron chi connectivity index (χ1n) is 5.97. The van der Waals surface area contributed by atoms with Crippen molar-refractivity contribution in [3.8, 4) is 5.75 Å². The van der Waals surface area contributed by atoms with Gasteiger partial charge < -0.3 is 15.6 Å². The third-order valence-corrected chi connectivity index (χ3v) is 4.98. The molecule has 1 aromatic carbocycles. The summed E-state index contributed by atoms with van der Waals surface area (Å²) in [6.45, 7) is 0. The van der Waals surface area contributed by atoms with Gasteiger partial charge in [-0.25, -0.2) is 4.98 Å². The molecule has 0 saturated heterocycles. The fourth-order valence-corrected chi connectivity index (χ4v) is 3.84.